The van der Waals surface area contributed by atoms with Gasteiger partial charge in [0.15, 0.2) is 0 Å². The summed E-state index contributed by atoms with van der Waals surface area (Å²) in [7, 11) is -3.77. The lowest BCUT2D eigenvalue weighted by Gasteiger charge is -2.23. The fourth-order valence-corrected chi connectivity index (χ4v) is 5.63. The molecule has 164 valence electrons. The molecule has 0 saturated carbocycles. The van der Waals surface area contributed by atoms with Crippen LogP contribution in [0.25, 0.3) is 0 Å². The van der Waals surface area contributed by atoms with Crippen LogP contribution in [0.4, 0.5) is 5.69 Å². The average molecular weight is 431 g/mol. The molecule has 0 radical (unpaired) electrons. The van der Waals surface area contributed by atoms with E-state index in [0.717, 1.165) is 24.8 Å². The summed E-state index contributed by atoms with van der Waals surface area (Å²) in [6.45, 7) is 9.70. The molecule has 1 N–H and O–H groups in total. The second-order valence-electron chi connectivity index (χ2n) is 7.92. The summed E-state index contributed by atoms with van der Waals surface area (Å²) in [5, 5.41) is 2.83. The lowest BCUT2D eigenvalue weighted by atomic mass is 10.1. The number of sulfonamides is 1. The Balaban J connectivity index is 2.17. The molecule has 0 aliphatic rings. The van der Waals surface area contributed by atoms with E-state index in [9.17, 15) is 13.2 Å². The largest absolute Gasteiger partial charge is 0.325 e. The normalized spacial score (nSPS) is 11.7. The van der Waals surface area contributed by atoms with E-state index in [2.05, 4.69) is 12.2 Å². The molecule has 5 nitrogen and oxygen atoms in total. The van der Waals surface area contributed by atoms with Crippen LogP contribution < -0.4 is 5.32 Å². The van der Waals surface area contributed by atoms with Gasteiger partial charge in [-0.15, -0.1) is 0 Å². The second kappa shape index (κ2) is 10.7. The van der Waals surface area contributed by atoms with Gasteiger partial charge in [0.25, 0.3) is 0 Å². The van der Waals surface area contributed by atoms with Crippen LogP contribution in [0.15, 0.2) is 41.3 Å². The molecule has 2 aromatic rings. The maximum atomic E-state index is 13.4. The number of carbonyl (C=O) groups is 1. The molecular formula is C24H34N2O3S. The highest BCUT2D eigenvalue weighted by Crippen LogP contribution is 2.25. The van der Waals surface area contributed by atoms with Crippen LogP contribution in [-0.4, -0.2) is 31.7 Å². The molecule has 0 aromatic heterocycles. The maximum absolute atomic E-state index is 13.4. The lowest BCUT2D eigenvalue weighted by Crippen LogP contribution is -2.39. The average Bonchev–Trinajstić information content (AvgIpc) is 2.66. The number of hydrogen-bond acceptors (Lipinski definition) is 3. The fourth-order valence-electron chi connectivity index (χ4n) is 3.73. The number of anilines is 1. The predicted octanol–water partition coefficient (Wildman–Crippen LogP) is 4.99. The summed E-state index contributed by atoms with van der Waals surface area (Å²) in [4.78, 5) is 12.9. The summed E-state index contributed by atoms with van der Waals surface area (Å²) >= 11 is 0. The minimum Gasteiger partial charge on any atom is -0.325 e. The van der Waals surface area contributed by atoms with E-state index in [-0.39, 0.29) is 12.5 Å². The number of unbranched alkanes of at least 4 members (excludes halogenated alkanes) is 1. The van der Waals surface area contributed by atoms with E-state index < -0.39 is 10.0 Å². The van der Waals surface area contributed by atoms with Crippen molar-refractivity contribution in [3.05, 3.63) is 58.7 Å². The predicted molar refractivity (Wildman–Crippen MR) is 123 cm³/mol. The van der Waals surface area contributed by atoms with Gasteiger partial charge in [0.2, 0.25) is 15.9 Å². The van der Waals surface area contributed by atoms with E-state index >= 15 is 0 Å². The molecule has 0 fully saturated rings. The number of amides is 1. The Labute approximate surface area is 181 Å². The zero-order valence-electron chi connectivity index (χ0n) is 18.8. The van der Waals surface area contributed by atoms with E-state index in [1.807, 2.05) is 50.2 Å². The summed E-state index contributed by atoms with van der Waals surface area (Å²) in [6.07, 6.45) is 3.92. The van der Waals surface area contributed by atoms with Crippen LogP contribution in [0.1, 0.15) is 55.4 Å². The first kappa shape index (κ1) is 24.1. The van der Waals surface area contributed by atoms with Gasteiger partial charge in [-0.05, 0) is 68.9 Å². The molecule has 2 aromatic carbocycles. The highest BCUT2D eigenvalue weighted by atomic mass is 32.2. The Morgan fingerprint density at radius 3 is 2.10 bits per heavy atom. The quantitative estimate of drug-likeness (QED) is 0.577. The number of benzene rings is 2. The molecule has 0 atom stereocenters. The SMILES string of the molecule is CCCCc1ccc(NC(=O)CN(CCC)S(=O)(=O)c2c(C)cc(C)cc2C)cc1. The van der Waals surface area contributed by atoms with Crippen molar-refractivity contribution >= 4 is 21.6 Å². The molecule has 0 aliphatic carbocycles. The number of aryl methyl sites for hydroxylation is 4. The van der Waals surface area contributed by atoms with Crippen LogP contribution in [0.3, 0.4) is 0 Å². The standard InChI is InChI=1S/C24H34N2O3S/c1-6-8-9-21-10-12-22(13-11-21)25-23(27)17-26(14-7-2)30(28,29)24-19(4)15-18(3)16-20(24)5/h10-13,15-16H,6-9,14,17H2,1-5H3,(H,25,27). The first-order valence-corrected chi connectivity index (χ1v) is 12.1. The van der Waals surface area contributed by atoms with Gasteiger partial charge in [-0.3, -0.25) is 4.79 Å². The zero-order valence-corrected chi connectivity index (χ0v) is 19.6. The summed E-state index contributed by atoms with van der Waals surface area (Å²) in [5.41, 5.74) is 4.34. The number of carbonyl (C=O) groups excluding carboxylic acids is 1. The molecule has 0 unspecified atom stereocenters. The van der Waals surface area contributed by atoms with Crippen molar-refractivity contribution in [3.8, 4) is 0 Å². The Bertz CT molecular complexity index is 943. The molecule has 6 heteroatoms. The molecule has 0 aliphatic heterocycles. The molecular weight excluding hydrogens is 396 g/mol. The number of nitrogens with one attached hydrogen (secondary N) is 1. The van der Waals surface area contributed by atoms with Crippen LogP contribution >= 0.6 is 0 Å². The molecule has 30 heavy (non-hydrogen) atoms. The van der Waals surface area contributed by atoms with Gasteiger partial charge in [0.05, 0.1) is 11.4 Å². The molecule has 0 heterocycles. The molecule has 0 saturated heterocycles. The van der Waals surface area contributed by atoms with Crippen LogP contribution in [0.2, 0.25) is 0 Å². The third-order valence-electron chi connectivity index (χ3n) is 5.05. The van der Waals surface area contributed by atoms with Gasteiger partial charge in [0, 0.05) is 12.2 Å². The van der Waals surface area contributed by atoms with Crippen molar-refractivity contribution in [1.29, 1.82) is 0 Å². The Hall–Kier alpha value is -2.18. The van der Waals surface area contributed by atoms with Crippen LogP contribution in [-0.2, 0) is 21.2 Å². The monoisotopic (exact) mass is 430 g/mol. The van der Waals surface area contributed by atoms with Gasteiger partial charge in [-0.2, -0.15) is 4.31 Å². The first-order chi connectivity index (χ1) is 14.2. The molecule has 1 amide bonds. The van der Waals surface area contributed by atoms with Gasteiger partial charge < -0.3 is 5.32 Å². The van der Waals surface area contributed by atoms with Crippen molar-refractivity contribution in [1.82, 2.24) is 4.31 Å². The topological polar surface area (TPSA) is 66.5 Å². The van der Waals surface area contributed by atoms with E-state index in [4.69, 9.17) is 0 Å². The summed E-state index contributed by atoms with van der Waals surface area (Å²) < 4.78 is 28.0. The third-order valence-corrected chi connectivity index (χ3v) is 7.20. The maximum Gasteiger partial charge on any atom is 0.244 e. The third kappa shape index (κ3) is 6.16. The second-order valence-corrected chi connectivity index (χ2v) is 9.79. The summed E-state index contributed by atoms with van der Waals surface area (Å²) in [5.74, 6) is -0.337. The van der Waals surface area contributed by atoms with Crippen molar-refractivity contribution in [2.24, 2.45) is 0 Å². The van der Waals surface area contributed by atoms with Crippen molar-refractivity contribution in [2.75, 3.05) is 18.4 Å². The van der Waals surface area contributed by atoms with Gasteiger partial charge >= 0.3 is 0 Å². The van der Waals surface area contributed by atoms with E-state index in [1.54, 1.807) is 13.8 Å². The smallest absolute Gasteiger partial charge is 0.244 e. The number of rotatable bonds is 10. The highest BCUT2D eigenvalue weighted by molar-refractivity contribution is 7.89. The number of hydrogen-bond donors (Lipinski definition) is 1. The van der Waals surface area contributed by atoms with Gasteiger partial charge in [0.1, 0.15) is 0 Å². The van der Waals surface area contributed by atoms with Crippen LogP contribution in [0.5, 0.6) is 0 Å². The number of nitrogens with zero attached hydrogens (tertiary/aromatic N) is 1. The molecule has 2 rings (SSSR count). The van der Waals surface area contributed by atoms with Crippen LogP contribution in [0, 0.1) is 20.8 Å². The molecule has 0 bridgehead atoms. The Kier molecular flexibility index (Phi) is 8.62. The first-order valence-electron chi connectivity index (χ1n) is 10.7. The lowest BCUT2D eigenvalue weighted by molar-refractivity contribution is -0.116. The van der Waals surface area contributed by atoms with Gasteiger partial charge in [-0.1, -0.05) is 50.1 Å². The van der Waals surface area contributed by atoms with E-state index in [0.29, 0.717) is 34.7 Å². The van der Waals surface area contributed by atoms with E-state index in [1.165, 1.54) is 9.87 Å². The van der Waals surface area contributed by atoms with Crippen molar-refractivity contribution in [3.63, 3.8) is 0 Å². The van der Waals surface area contributed by atoms with Gasteiger partial charge in [-0.25, -0.2) is 8.42 Å². The van der Waals surface area contributed by atoms with Crippen molar-refractivity contribution in [2.45, 2.75) is 65.2 Å². The fraction of sp³-hybridized carbons (Fsp3) is 0.458. The highest BCUT2D eigenvalue weighted by Gasteiger charge is 2.29. The molecule has 0 spiro atoms. The summed E-state index contributed by atoms with van der Waals surface area (Å²) in [6, 6.07) is 11.5. The minimum atomic E-state index is -3.77. The Morgan fingerprint density at radius 2 is 1.57 bits per heavy atom. The zero-order chi connectivity index (χ0) is 22.3. The Morgan fingerprint density at radius 1 is 0.967 bits per heavy atom. The van der Waals surface area contributed by atoms with Crippen molar-refractivity contribution < 1.29 is 13.2 Å². The minimum absolute atomic E-state index is 0.208.